The Kier molecular flexibility index (Phi) is 3.67. The van der Waals surface area contributed by atoms with Gasteiger partial charge >= 0.3 is 0 Å². The average Bonchev–Trinajstić information content (AvgIpc) is 2.76. The fourth-order valence-electron chi connectivity index (χ4n) is 5.62. The molecule has 0 aromatic rings. The summed E-state index contributed by atoms with van der Waals surface area (Å²) in [4.78, 5) is 25.8. The Morgan fingerprint density at radius 1 is 1.23 bits per heavy atom. The molecule has 5 rings (SSSR count). The van der Waals surface area contributed by atoms with E-state index in [1.165, 1.54) is 38.5 Å². The monoisotopic (exact) mass is 322 g/mol. The predicted octanol–water partition coefficient (Wildman–Crippen LogP) is 2.04. The smallest absolute Gasteiger partial charge is 0.244 e. The fraction of sp³-hybridized carbons (Fsp3) is 0.882. The standard InChI is InChI=1S/C17H26N2O2S/c1-19-3-2-14(16(19)21)18-15(20)10-22-17-7-11-4-12(8-17)6-13(5-11)9-17/h11-14H,2-10H2,1H3,(H,18,20). The van der Waals surface area contributed by atoms with Gasteiger partial charge in [0, 0.05) is 18.3 Å². The molecule has 4 bridgehead atoms. The second kappa shape index (κ2) is 5.43. The lowest BCUT2D eigenvalue weighted by Crippen LogP contribution is -2.49. The molecule has 5 heteroatoms. The zero-order valence-electron chi connectivity index (χ0n) is 13.3. The maximum Gasteiger partial charge on any atom is 0.244 e. The van der Waals surface area contributed by atoms with Crippen molar-refractivity contribution in [1.29, 1.82) is 0 Å². The van der Waals surface area contributed by atoms with E-state index in [1.807, 2.05) is 11.8 Å². The zero-order valence-corrected chi connectivity index (χ0v) is 14.2. The number of nitrogens with zero attached hydrogens (tertiary/aromatic N) is 1. The third kappa shape index (κ3) is 2.66. The average molecular weight is 322 g/mol. The van der Waals surface area contributed by atoms with Crippen LogP contribution in [-0.4, -0.2) is 46.8 Å². The summed E-state index contributed by atoms with van der Waals surface area (Å²) in [5.41, 5.74) is 0. The molecule has 1 atom stereocenters. The van der Waals surface area contributed by atoms with E-state index in [2.05, 4.69) is 5.32 Å². The highest BCUT2D eigenvalue weighted by Gasteiger charge is 2.51. The number of nitrogens with one attached hydrogen (secondary N) is 1. The van der Waals surface area contributed by atoms with Gasteiger partial charge < -0.3 is 10.2 Å². The van der Waals surface area contributed by atoms with Gasteiger partial charge in [-0.3, -0.25) is 9.59 Å². The molecule has 22 heavy (non-hydrogen) atoms. The number of thioether (sulfide) groups is 1. The Labute approximate surface area is 136 Å². The maximum atomic E-state index is 12.2. The van der Waals surface area contributed by atoms with Crippen molar-refractivity contribution in [2.45, 2.75) is 55.7 Å². The Hall–Kier alpha value is -0.710. The van der Waals surface area contributed by atoms with E-state index in [1.54, 1.807) is 11.9 Å². The van der Waals surface area contributed by atoms with Crippen LogP contribution in [0.3, 0.4) is 0 Å². The van der Waals surface area contributed by atoms with Crippen LogP contribution in [0, 0.1) is 17.8 Å². The van der Waals surface area contributed by atoms with Crippen LogP contribution in [-0.2, 0) is 9.59 Å². The molecule has 5 fully saturated rings. The van der Waals surface area contributed by atoms with Gasteiger partial charge in [0.25, 0.3) is 0 Å². The molecule has 4 aliphatic carbocycles. The van der Waals surface area contributed by atoms with E-state index >= 15 is 0 Å². The van der Waals surface area contributed by atoms with Gasteiger partial charge in [0.2, 0.25) is 11.8 Å². The van der Waals surface area contributed by atoms with E-state index in [0.29, 0.717) is 10.5 Å². The predicted molar refractivity (Wildman–Crippen MR) is 87.5 cm³/mol. The molecule has 122 valence electrons. The van der Waals surface area contributed by atoms with Gasteiger partial charge in [-0.15, -0.1) is 11.8 Å². The molecule has 1 aliphatic heterocycles. The maximum absolute atomic E-state index is 12.2. The first kappa shape index (κ1) is 14.9. The SMILES string of the molecule is CN1CCC(NC(=O)CSC23CC4CC(CC(C4)C2)C3)C1=O. The molecule has 2 amide bonds. The number of rotatable bonds is 4. The molecular formula is C17H26N2O2S. The number of likely N-dealkylation sites (tertiary alicyclic amines) is 1. The summed E-state index contributed by atoms with van der Waals surface area (Å²) in [5.74, 6) is 3.41. The molecule has 0 aromatic heterocycles. The van der Waals surface area contributed by atoms with Crippen LogP contribution in [0.4, 0.5) is 0 Å². The van der Waals surface area contributed by atoms with Gasteiger partial charge in [0.1, 0.15) is 6.04 Å². The van der Waals surface area contributed by atoms with Crippen molar-refractivity contribution in [2.75, 3.05) is 19.3 Å². The Morgan fingerprint density at radius 2 is 1.82 bits per heavy atom. The van der Waals surface area contributed by atoms with Gasteiger partial charge in [-0.2, -0.15) is 0 Å². The summed E-state index contributed by atoms with van der Waals surface area (Å²) in [7, 11) is 1.80. The van der Waals surface area contributed by atoms with Crippen LogP contribution in [0.5, 0.6) is 0 Å². The van der Waals surface area contributed by atoms with Crippen molar-refractivity contribution < 1.29 is 9.59 Å². The molecule has 0 aromatic carbocycles. The second-order valence-electron chi connectivity index (χ2n) is 8.06. The highest BCUT2D eigenvalue weighted by atomic mass is 32.2. The lowest BCUT2D eigenvalue weighted by molar-refractivity contribution is -0.131. The van der Waals surface area contributed by atoms with Crippen molar-refractivity contribution in [3.8, 4) is 0 Å². The Balaban J connectivity index is 1.31. The van der Waals surface area contributed by atoms with Crippen LogP contribution in [0.2, 0.25) is 0 Å². The summed E-state index contributed by atoms with van der Waals surface area (Å²) in [6, 6.07) is -0.283. The summed E-state index contributed by atoms with van der Waals surface area (Å²) in [6.07, 6.45) is 9.04. The van der Waals surface area contributed by atoms with Gasteiger partial charge in [0.05, 0.1) is 5.75 Å². The second-order valence-corrected chi connectivity index (χ2v) is 9.50. The number of carbonyl (C=O) groups is 2. The lowest BCUT2D eigenvalue weighted by Gasteiger charge is -2.56. The minimum atomic E-state index is -0.283. The topological polar surface area (TPSA) is 49.4 Å². The molecule has 1 unspecified atom stereocenters. The first-order valence-corrected chi connectivity index (χ1v) is 9.70. The van der Waals surface area contributed by atoms with Crippen LogP contribution in [0.15, 0.2) is 0 Å². The van der Waals surface area contributed by atoms with Crippen molar-refractivity contribution in [2.24, 2.45) is 17.8 Å². The van der Waals surface area contributed by atoms with Crippen molar-refractivity contribution in [3.63, 3.8) is 0 Å². The Bertz CT molecular complexity index is 458. The highest BCUT2D eigenvalue weighted by Crippen LogP contribution is 2.60. The minimum absolute atomic E-state index is 0.0504. The summed E-state index contributed by atoms with van der Waals surface area (Å²) >= 11 is 1.89. The molecule has 1 N–H and O–H groups in total. The van der Waals surface area contributed by atoms with Crippen LogP contribution in [0.1, 0.15) is 44.9 Å². The van der Waals surface area contributed by atoms with E-state index in [-0.39, 0.29) is 17.9 Å². The Morgan fingerprint density at radius 3 is 2.32 bits per heavy atom. The van der Waals surface area contributed by atoms with E-state index in [9.17, 15) is 9.59 Å². The molecule has 5 aliphatic rings. The number of hydrogen-bond acceptors (Lipinski definition) is 3. The number of hydrogen-bond donors (Lipinski definition) is 1. The lowest BCUT2D eigenvalue weighted by atomic mass is 9.56. The number of carbonyl (C=O) groups excluding carboxylic acids is 2. The van der Waals surface area contributed by atoms with Crippen LogP contribution in [0.25, 0.3) is 0 Å². The minimum Gasteiger partial charge on any atom is -0.344 e. The van der Waals surface area contributed by atoms with Crippen LogP contribution >= 0.6 is 11.8 Å². The highest BCUT2D eigenvalue weighted by molar-refractivity contribution is 8.01. The molecule has 1 saturated heterocycles. The summed E-state index contributed by atoms with van der Waals surface area (Å²) in [5, 5.41) is 2.94. The first-order chi connectivity index (χ1) is 10.5. The third-order valence-corrected chi connectivity index (χ3v) is 7.77. The first-order valence-electron chi connectivity index (χ1n) is 8.71. The molecule has 1 heterocycles. The van der Waals surface area contributed by atoms with Crippen LogP contribution < -0.4 is 5.32 Å². The molecule has 4 saturated carbocycles. The van der Waals surface area contributed by atoms with Gasteiger partial charge in [-0.05, 0) is 62.7 Å². The third-order valence-electron chi connectivity index (χ3n) is 6.25. The zero-order chi connectivity index (χ0) is 15.3. The number of likely N-dealkylation sites (N-methyl/N-ethyl adjacent to an activating group) is 1. The van der Waals surface area contributed by atoms with Crippen molar-refractivity contribution >= 4 is 23.6 Å². The largest absolute Gasteiger partial charge is 0.344 e. The number of amides is 2. The molecule has 0 spiro atoms. The van der Waals surface area contributed by atoms with Crippen molar-refractivity contribution in [1.82, 2.24) is 10.2 Å². The molecule has 0 radical (unpaired) electrons. The van der Waals surface area contributed by atoms with Gasteiger partial charge in [-0.1, -0.05) is 0 Å². The fourth-order valence-corrected chi connectivity index (χ4v) is 7.20. The molecule has 4 nitrogen and oxygen atoms in total. The van der Waals surface area contributed by atoms with E-state index in [0.717, 1.165) is 30.7 Å². The van der Waals surface area contributed by atoms with E-state index in [4.69, 9.17) is 0 Å². The van der Waals surface area contributed by atoms with Gasteiger partial charge in [0.15, 0.2) is 0 Å². The molecular weight excluding hydrogens is 296 g/mol. The van der Waals surface area contributed by atoms with Gasteiger partial charge in [-0.25, -0.2) is 0 Å². The normalized spacial score (nSPS) is 43.0. The quantitative estimate of drug-likeness (QED) is 0.862. The summed E-state index contributed by atoms with van der Waals surface area (Å²) < 4.78 is 0.378. The van der Waals surface area contributed by atoms with E-state index < -0.39 is 0 Å². The summed E-state index contributed by atoms with van der Waals surface area (Å²) in [6.45, 7) is 0.756. The van der Waals surface area contributed by atoms with Crippen molar-refractivity contribution in [3.05, 3.63) is 0 Å².